The van der Waals surface area contributed by atoms with E-state index in [1.165, 1.54) is 69.8 Å². The number of ether oxygens (including phenoxy) is 1. The maximum absolute atomic E-state index is 14.0. The van der Waals surface area contributed by atoms with Crippen molar-refractivity contribution in [2.75, 3.05) is 6.61 Å². The van der Waals surface area contributed by atoms with Gasteiger partial charge in [-0.2, -0.15) is 0 Å². The first kappa shape index (κ1) is 26.4. The Balaban J connectivity index is 1.67. The molecule has 0 radical (unpaired) electrons. The summed E-state index contributed by atoms with van der Waals surface area (Å²) in [6.07, 6.45) is 17.7. The number of halogens is 1. The molecule has 0 spiro atoms. The van der Waals surface area contributed by atoms with Gasteiger partial charge in [-0.1, -0.05) is 109 Å². The van der Waals surface area contributed by atoms with Crippen LogP contribution in [0, 0.1) is 0 Å². The number of unbranched alkanes of at least 4 members (excludes halogenated alkanes) is 10. The Hall–Kier alpha value is -1.90. The summed E-state index contributed by atoms with van der Waals surface area (Å²) in [4.78, 5) is 4.52. The first-order chi connectivity index (χ1) is 15.7. The predicted octanol–water partition coefficient (Wildman–Crippen LogP) is 9.12. The van der Waals surface area contributed by atoms with Crippen molar-refractivity contribution in [3.8, 4) is 17.0 Å². The average Bonchev–Trinajstić information content (AvgIpc) is 2.83. The third-order valence-corrected chi connectivity index (χ3v) is 6.11. The molecule has 0 aliphatic heterocycles. The molecule has 1 unspecified atom stereocenters. The molecule has 0 saturated carbocycles. The number of aryl methyl sites for hydroxylation is 1. The maximum Gasteiger partial charge on any atom is 0.137 e. The summed E-state index contributed by atoms with van der Waals surface area (Å²) in [6.45, 7) is 4.57. The molecular formula is C29H44FNO. The van der Waals surface area contributed by atoms with Gasteiger partial charge in [0, 0.05) is 5.56 Å². The lowest BCUT2D eigenvalue weighted by Crippen LogP contribution is -2.12. The molecule has 2 rings (SSSR count). The number of aromatic nitrogens is 1. The molecule has 0 bridgehead atoms. The molecule has 2 nitrogen and oxygen atoms in total. The third kappa shape index (κ3) is 11.1. The zero-order chi connectivity index (χ0) is 22.9. The van der Waals surface area contributed by atoms with Crippen molar-refractivity contribution in [1.29, 1.82) is 0 Å². The highest BCUT2D eigenvalue weighted by atomic mass is 19.1. The fourth-order valence-corrected chi connectivity index (χ4v) is 4.00. The largest absolute Gasteiger partial charge is 0.489 e. The smallest absolute Gasteiger partial charge is 0.137 e. The predicted molar refractivity (Wildman–Crippen MR) is 135 cm³/mol. The van der Waals surface area contributed by atoms with Crippen LogP contribution in [0.15, 0.2) is 42.6 Å². The Morgan fingerprint density at radius 3 is 2.00 bits per heavy atom. The molecule has 1 atom stereocenters. The molecule has 1 heterocycles. The Morgan fingerprint density at radius 1 is 0.750 bits per heavy atom. The molecule has 0 amide bonds. The Kier molecular flexibility index (Phi) is 13.7. The summed E-state index contributed by atoms with van der Waals surface area (Å²) in [5.41, 5.74) is 3.42. The molecule has 3 heteroatoms. The minimum absolute atomic E-state index is 0.113. The van der Waals surface area contributed by atoms with Gasteiger partial charge < -0.3 is 4.74 Å². The second kappa shape index (κ2) is 16.7. The number of alkyl halides is 1. The highest BCUT2D eigenvalue weighted by Crippen LogP contribution is 2.21. The first-order valence-corrected chi connectivity index (χ1v) is 13.0. The van der Waals surface area contributed by atoms with E-state index in [9.17, 15) is 4.39 Å². The van der Waals surface area contributed by atoms with Crippen molar-refractivity contribution < 1.29 is 9.13 Å². The number of hydrogen-bond donors (Lipinski definition) is 0. The van der Waals surface area contributed by atoms with Crippen LogP contribution in [0.4, 0.5) is 4.39 Å². The normalized spacial score (nSPS) is 12.1. The van der Waals surface area contributed by atoms with Crippen molar-refractivity contribution in [1.82, 2.24) is 4.98 Å². The molecule has 1 aromatic heterocycles. The Labute approximate surface area is 196 Å². The lowest BCUT2D eigenvalue weighted by Gasteiger charge is -2.11. The topological polar surface area (TPSA) is 22.1 Å². The highest BCUT2D eigenvalue weighted by molar-refractivity contribution is 5.59. The number of pyridine rings is 1. The molecule has 32 heavy (non-hydrogen) atoms. The van der Waals surface area contributed by atoms with Crippen molar-refractivity contribution >= 4 is 0 Å². The summed E-state index contributed by atoms with van der Waals surface area (Å²) in [6, 6.07) is 12.6. The summed E-state index contributed by atoms with van der Waals surface area (Å²) in [5, 5.41) is 0. The van der Waals surface area contributed by atoms with E-state index in [2.05, 4.69) is 43.1 Å². The van der Waals surface area contributed by atoms with Crippen LogP contribution in [0.3, 0.4) is 0 Å². The third-order valence-electron chi connectivity index (χ3n) is 6.11. The fraction of sp³-hybridized carbons (Fsp3) is 0.621. The van der Waals surface area contributed by atoms with E-state index in [1.54, 1.807) is 6.20 Å². The van der Waals surface area contributed by atoms with E-state index in [1.807, 2.05) is 12.1 Å². The standard InChI is InChI=1S/C29H44FNO/c1-3-5-7-9-10-12-13-15-25-17-19-26(20-18-25)29-22-21-28(23-31-29)32-24-27(30)16-14-11-8-6-4-2/h17-23,27H,3-16,24H2,1-2H3. The summed E-state index contributed by atoms with van der Waals surface area (Å²) in [7, 11) is 0. The zero-order valence-electron chi connectivity index (χ0n) is 20.5. The monoisotopic (exact) mass is 441 g/mol. The lowest BCUT2D eigenvalue weighted by molar-refractivity contribution is 0.183. The average molecular weight is 442 g/mol. The summed E-state index contributed by atoms with van der Waals surface area (Å²) in [5.74, 6) is 0.637. The second-order valence-electron chi connectivity index (χ2n) is 9.06. The van der Waals surface area contributed by atoms with Gasteiger partial charge in [-0.25, -0.2) is 4.39 Å². The van der Waals surface area contributed by atoms with E-state index < -0.39 is 6.17 Å². The molecule has 0 N–H and O–H groups in total. The minimum atomic E-state index is -0.903. The molecule has 0 aliphatic carbocycles. The van der Waals surface area contributed by atoms with Gasteiger partial charge in [0.05, 0.1) is 11.9 Å². The van der Waals surface area contributed by atoms with Gasteiger partial charge in [-0.15, -0.1) is 0 Å². The van der Waals surface area contributed by atoms with E-state index in [0.717, 1.165) is 30.5 Å². The molecular weight excluding hydrogens is 397 g/mol. The van der Waals surface area contributed by atoms with Crippen LogP contribution >= 0.6 is 0 Å². The molecule has 0 saturated heterocycles. The number of nitrogens with zero attached hydrogens (tertiary/aromatic N) is 1. The highest BCUT2D eigenvalue weighted by Gasteiger charge is 2.08. The van der Waals surface area contributed by atoms with Crippen LogP contribution in [0.25, 0.3) is 11.3 Å². The van der Waals surface area contributed by atoms with Gasteiger partial charge in [0.25, 0.3) is 0 Å². The zero-order valence-corrected chi connectivity index (χ0v) is 20.5. The van der Waals surface area contributed by atoms with E-state index in [-0.39, 0.29) is 6.61 Å². The van der Waals surface area contributed by atoms with Crippen molar-refractivity contribution in [2.24, 2.45) is 0 Å². The van der Waals surface area contributed by atoms with E-state index in [4.69, 9.17) is 4.74 Å². The van der Waals surface area contributed by atoms with Gasteiger partial charge >= 0.3 is 0 Å². The minimum Gasteiger partial charge on any atom is -0.489 e. The maximum atomic E-state index is 14.0. The van der Waals surface area contributed by atoms with Crippen LogP contribution in [-0.4, -0.2) is 17.8 Å². The molecule has 0 fully saturated rings. The van der Waals surface area contributed by atoms with Crippen LogP contribution in [0.1, 0.15) is 103 Å². The van der Waals surface area contributed by atoms with Gasteiger partial charge in [-0.3, -0.25) is 4.98 Å². The number of rotatable bonds is 18. The lowest BCUT2D eigenvalue weighted by atomic mass is 10.0. The quantitative estimate of drug-likeness (QED) is 0.215. The van der Waals surface area contributed by atoms with Crippen LogP contribution in [0.5, 0.6) is 5.75 Å². The summed E-state index contributed by atoms with van der Waals surface area (Å²) < 4.78 is 19.6. The van der Waals surface area contributed by atoms with Gasteiger partial charge in [0.2, 0.25) is 0 Å². The molecule has 178 valence electrons. The van der Waals surface area contributed by atoms with Gasteiger partial charge in [-0.05, 0) is 37.0 Å². The second-order valence-corrected chi connectivity index (χ2v) is 9.06. The van der Waals surface area contributed by atoms with Gasteiger partial charge in [0.15, 0.2) is 0 Å². The first-order valence-electron chi connectivity index (χ1n) is 13.0. The Morgan fingerprint density at radius 2 is 1.38 bits per heavy atom. The van der Waals surface area contributed by atoms with Crippen LogP contribution < -0.4 is 4.74 Å². The van der Waals surface area contributed by atoms with E-state index >= 15 is 0 Å². The number of hydrogen-bond acceptors (Lipinski definition) is 2. The van der Waals surface area contributed by atoms with Crippen LogP contribution in [0.2, 0.25) is 0 Å². The Bertz CT molecular complexity index is 698. The number of benzene rings is 1. The molecule has 1 aromatic carbocycles. The molecule has 2 aromatic rings. The summed E-state index contributed by atoms with van der Waals surface area (Å²) >= 11 is 0. The van der Waals surface area contributed by atoms with Crippen molar-refractivity contribution in [2.45, 2.75) is 110 Å². The van der Waals surface area contributed by atoms with Gasteiger partial charge in [0.1, 0.15) is 18.5 Å². The van der Waals surface area contributed by atoms with Crippen molar-refractivity contribution in [3.05, 3.63) is 48.2 Å². The fourth-order valence-electron chi connectivity index (χ4n) is 4.00. The van der Waals surface area contributed by atoms with Crippen LogP contribution in [-0.2, 0) is 6.42 Å². The van der Waals surface area contributed by atoms with E-state index in [0.29, 0.717) is 12.2 Å². The van der Waals surface area contributed by atoms with Crippen molar-refractivity contribution in [3.63, 3.8) is 0 Å². The molecule has 0 aliphatic rings. The SMILES string of the molecule is CCCCCCCCCc1ccc(-c2ccc(OCC(F)CCCCCCC)cn2)cc1.